The van der Waals surface area contributed by atoms with E-state index in [1.54, 1.807) is 41.3 Å². The van der Waals surface area contributed by atoms with Crippen molar-refractivity contribution < 1.29 is 14.3 Å². The summed E-state index contributed by atoms with van der Waals surface area (Å²) in [6, 6.07) is 7.40. The number of ether oxygens (including phenoxy) is 1. The number of hydrogen-bond acceptors (Lipinski definition) is 7. The summed E-state index contributed by atoms with van der Waals surface area (Å²) in [5, 5.41) is 13.7. The van der Waals surface area contributed by atoms with Crippen LogP contribution in [0.25, 0.3) is 10.7 Å². The topological polar surface area (TPSA) is 91.0 Å². The molecule has 1 N–H and O–H groups in total. The second kappa shape index (κ2) is 8.93. The summed E-state index contributed by atoms with van der Waals surface area (Å²) >= 11 is 2.86. The van der Waals surface area contributed by atoms with E-state index in [0.717, 1.165) is 30.2 Å². The molecule has 4 rings (SSSR count). The molecule has 29 heavy (non-hydrogen) atoms. The van der Waals surface area contributed by atoms with Crippen LogP contribution in [0.2, 0.25) is 0 Å². The van der Waals surface area contributed by atoms with E-state index in [1.807, 2.05) is 22.1 Å². The summed E-state index contributed by atoms with van der Waals surface area (Å²) in [5.74, 6) is 0.0663. The van der Waals surface area contributed by atoms with Gasteiger partial charge in [-0.2, -0.15) is 0 Å². The number of aryl methyl sites for hydroxylation is 1. The molecule has 3 aromatic heterocycles. The maximum absolute atomic E-state index is 12.3. The van der Waals surface area contributed by atoms with Crippen LogP contribution in [0, 0.1) is 0 Å². The summed E-state index contributed by atoms with van der Waals surface area (Å²) in [6.07, 6.45) is 3.93. The van der Waals surface area contributed by atoms with E-state index in [-0.39, 0.29) is 17.8 Å². The average molecular weight is 432 g/mol. The molecule has 152 valence electrons. The van der Waals surface area contributed by atoms with Crippen LogP contribution in [0.3, 0.4) is 0 Å². The standard InChI is InChI=1S/C19H21N5O3S2/c1-23-8-2-6-14(23)18(26)20-16(25)12-29-19-22-21-17(15-7-4-10-28-15)24(19)11-13-5-3-9-27-13/h2,4,6-8,10,13H,3,5,9,11-12H2,1H3,(H,20,25,26)/t13-/m0/s1. The number of hydrogen-bond donors (Lipinski definition) is 1. The van der Waals surface area contributed by atoms with E-state index >= 15 is 0 Å². The number of nitrogens with zero attached hydrogens (tertiary/aromatic N) is 4. The summed E-state index contributed by atoms with van der Waals surface area (Å²) < 4.78 is 9.46. The first-order valence-corrected chi connectivity index (χ1v) is 11.2. The summed E-state index contributed by atoms with van der Waals surface area (Å²) in [5.41, 5.74) is 0.435. The van der Waals surface area contributed by atoms with Crippen LogP contribution in [-0.4, -0.2) is 49.6 Å². The molecule has 1 atom stereocenters. The number of imide groups is 1. The van der Waals surface area contributed by atoms with Crippen LogP contribution in [-0.2, 0) is 23.1 Å². The molecule has 1 aliphatic heterocycles. The number of carbonyl (C=O) groups is 2. The Kier molecular flexibility index (Phi) is 6.12. The van der Waals surface area contributed by atoms with Crippen molar-refractivity contribution in [2.45, 2.75) is 30.6 Å². The highest BCUT2D eigenvalue weighted by molar-refractivity contribution is 7.99. The Hall–Kier alpha value is -2.43. The lowest BCUT2D eigenvalue weighted by Gasteiger charge is -2.14. The SMILES string of the molecule is Cn1cccc1C(=O)NC(=O)CSc1nnc(-c2cccs2)n1C[C@@H]1CCCO1. The normalized spacial score (nSPS) is 16.2. The van der Waals surface area contributed by atoms with Crippen molar-refractivity contribution in [3.8, 4) is 10.7 Å². The predicted octanol–water partition coefficient (Wildman–Crippen LogP) is 2.57. The van der Waals surface area contributed by atoms with E-state index < -0.39 is 5.91 Å². The highest BCUT2D eigenvalue weighted by Gasteiger charge is 2.23. The molecule has 10 heteroatoms. The molecule has 1 aliphatic rings. The first-order chi connectivity index (χ1) is 14.1. The Balaban J connectivity index is 1.44. The van der Waals surface area contributed by atoms with E-state index in [9.17, 15) is 9.59 Å². The van der Waals surface area contributed by atoms with Gasteiger partial charge in [0, 0.05) is 19.9 Å². The Bertz CT molecular complexity index is 990. The zero-order valence-electron chi connectivity index (χ0n) is 15.9. The largest absolute Gasteiger partial charge is 0.376 e. The Morgan fingerprint density at radius 2 is 2.24 bits per heavy atom. The van der Waals surface area contributed by atoms with Gasteiger partial charge < -0.3 is 9.30 Å². The van der Waals surface area contributed by atoms with Crippen molar-refractivity contribution in [3.05, 3.63) is 41.5 Å². The molecular formula is C19H21N5O3S2. The van der Waals surface area contributed by atoms with Crippen molar-refractivity contribution in [2.75, 3.05) is 12.4 Å². The average Bonchev–Trinajstić information content (AvgIpc) is 3.49. The lowest BCUT2D eigenvalue weighted by atomic mass is 10.2. The maximum Gasteiger partial charge on any atom is 0.274 e. The summed E-state index contributed by atoms with van der Waals surface area (Å²) in [4.78, 5) is 25.5. The van der Waals surface area contributed by atoms with Gasteiger partial charge in [0.05, 0.1) is 23.3 Å². The first kappa shape index (κ1) is 19.9. The van der Waals surface area contributed by atoms with E-state index in [4.69, 9.17) is 4.74 Å². The Morgan fingerprint density at radius 1 is 1.34 bits per heavy atom. The molecule has 0 spiro atoms. The fraction of sp³-hybridized carbons (Fsp3) is 0.368. The van der Waals surface area contributed by atoms with Gasteiger partial charge in [-0.15, -0.1) is 21.5 Å². The van der Waals surface area contributed by atoms with Gasteiger partial charge in [-0.1, -0.05) is 17.8 Å². The molecule has 0 aromatic carbocycles. The third kappa shape index (κ3) is 4.60. The molecule has 2 amide bonds. The van der Waals surface area contributed by atoms with Gasteiger partial charge in [0.15, 0.2) is 11.0 Å². The molecule has 1 fully saturated rings. The Morgan fingerprint density at radius 3 is 2.93 bits per heavy atom. The summed E-state index contributed by atoms with van der Waals surface area (Å²) in [6.45, 7) is 1.42. The number of carbonyl (C=O) groups excluding carboxylic acids is 2. The molecule has 0 bridgehead atoms. The van der Waals surface area contributed by atoms with Crippen molar-refractivity contribution in [2.24, 2.45) is 7.05 Å². The minimum absolute atomic E-state index is 0.0737. The molecule has 8 nitrogen and oxygen atoms in total. The van der Waals surface area contributed by atoms with Crippen LogP contribution in [0.5, 0.6) is 0 Å². The van der Waals surface area contributed by atoms with Crippen molar-refractivity contribution >= 4 is 34.9 Å². The van der Waals surface area contributed by atoms with Crippen LogP contribution >= 0.6 is 23.1 Å². The minimum atomic E-state index is -0.414. The molecule has 0 aliphatic carbocycles. The van der Waals surface area contributed by atoms with Gasteiger partial charge in [-0.25, -0.2) is 0 Å². The van der Waals surface area contributed by atoms with Crippen LogP contribution in [0.15, 0.2) is 41.0 Å². The quantitative estimate of drug-likeness (QED) is 0.578. The zero-order chi connectivity index (χ0) is 20.2. The predicted molar refractivity (Wildman–Crippen MR) is 111 cm³/mol. The van der Waals surface area contributed by atoms with E-state index in [2.05, 4.69) is 15.5 Å². The first-order valence-electron chi connectivity index (χ1n) is 9.29. The molecular weight excluding hydrogens is 410 g/mol. The smallest absolute Gasteiger partial charge is 0.274 e. The maximum atomic E-state index is 12.3. The fourth-order valence-electron chi connectivity index (χ4n) is 3.19. The third-order valence-corrected chi connectivity index (χ3v) is 6.46. The molecule has 4 heterocycles. The molecule has 3 aromatic rings. The van der Waals surface area contributed by atoms with Crippen molar-refractivity contribution in [3.63, 3.8) is 0 Å². The van der Waals surface area contributed by atoms with Crippen LogP contribution in [0.1, 0.15) is 23.3 Å². The van der Waals surface area contributed by atoms with Gasteiger partial charge >= 0.3 is 0 Å². The summed E-state index contributed by atoms with van der Waals surface area (Å²) in [7, 11) is 1.76. The molecule has 0 unspecified atom stereocenters. The van der Waals surface area contributed by atoms with Crippen LogP contribution in [0.4, 0.5) is 0 Å². The molecule has 1 saturated heterocycles. The minimum Gasteiger partial charge on any atom is -0.376 e. The number of aromatic nitrogens is 4. The Labute approximate surface area is 176 Å². The number of thiophene rings is 1. The van der Waals surface area contributed by atoms with E-state index in [1.165, 1.54) is 11.8 Å². The monoisotopic (exact) mass is 431 g/mol. The van der Waals surface area contributed by atoms with Gasteiger partial charge in [0.1, 0.15) is 5.69 Å². The number of amides is 2. The number of thioether (sulfide) groups is 1. The molecule has 0 saturated carbocycles. The highest BCUT2D eigenvalue weighted by Crippen LogP contribution is 2.29. The van der Waals surface area contributed by atoms with E-state index in [0.29, 0.717) is 17.4 Å². The van der Waals surface area contributed by atoms with Gasteiger partial charge in [-0.05, 0) is 36.4 Å². The number of nitrogens with one attached hydrogen (secondary N) is 1. The fourth-order valence-corrected chi connectivity index (χ4v) is 4.66. The lowest BCUT2D eigenvalue weighted by Crippen LogP contribution is -2.33. The van der Waals surface area contributed by atoms with Crippen LogP contribution < -0.4 is 5.32 Å². The number of rotatable bonds is 7. The molecule has 0 radical (unpaired) electrons. The van der Waals surface area contributed by atoms with Gasteiger partial charge in [0.25, 0.3) is 5.91 Å². The second-order valence-corrected chi connectivity index (χ2v) is 8.59. The van der Waals surface area contributed by atoms with Gasteiger partial charge in [0.2, 0.25) is 5.91 Å². The van der Waals surface area contributed by atoms with Crippen molar-refractivity contribution in [1.29, 1.82) is 0 Å². The van der Waals surface area contributed by atoms with Gasteiger partial charge in [-0.3, -0.25) is 19.5 Å². The third-order valence-electron chi connectivity index (χ3n) is 4.63. The highest BCUT2D eigenvalue weighted by atomic mass is 32.2. The van der Waals surface area contributed by atoms with Crippen molar-refractivity contribution in [1.82, 2.24) is 24.6 Å². The zero-order valence-corrected chi connectivity index (χ0v) is 17.5. The second-order valence-electron chi connectivity index (χ2n) is 6.70. The lowest BCUT2D eigenvalue weighted by molar-refractivity contribution is -0.117.